The van der Waals surface area contributed by atoms with Crippen molar-refractivity contribution in [2.24, 2.45) is 0 Å². The van der Waals surface area contributed by atoms with E-state index in [9.17, 15) is 0 Å². The van der Waals surface area contributed by atoms with Gasteiger partial charge >= 0.3 is 0 Å². The van der Waals surface area contributed by atoms with E-state index in [0.717, 1.165) is 19.6 Å². The van der Waals surface area contributed by atoms with Crippen LogP contribution >= 0.6 is 0 Å². The third-order valence-corrected chi connectivity index (χ3v) is 3.37. The van der Waals surface area contributed by atoms with Crippen molar-refractivity contribution in [3.05, 3.63) is 48.0 Å². The number of hydrogen-bond acceptors (Lipinski definition) is 2. The van der Waals surface area contributed by atoms with Crippen molar-refractivity contribution >= 4 is 0 Å². The predicted molar refractivity (Wildman–Crippen MR) is 73.0 cm³/mol. The van der Waals surface area contributed by atoms with Crippen LogP contribution in [0.2, 0.25) is 0 Å². The Balaban J connectivity index is 2.12. The van der Waals surface area contributed by atoms with Crippen molar-refractivity contribution in [2.75, 3.05) is 19.6 Å². The quantitative estimate of drug-likeness (QED) is 0.803. The van der Waals surface area contributed by atoms with E-state index in [-0.39, 0.29) is 0 Å². The monoisotopic (exact) mass is 230 g/mol. The highest BCUT2D eigenvalue weighted by Gasteiger charge is 2.25. The average molecular weight is 230 g/mol. The maximum absolute atomic E-state index is 3.57. The molecule has 1 aliphatic rings. The summed E-state index contributed by atoms with van der Waals surface area (Å²) in [6, 6.07) is 11.9. The van der Waals surface area contributed by atoms with Gasteiger partial charge in [-0.15, -0.1) is 0 Å². The Morgan fingerprint density at radius 2 is 2.12 bits per heavy atom. The van der Waals surface area contributed by atoms with Crippen molar-refractivity contribution in [1.82, 2.24) is 10.2 Å². The summed E-state index contributed by atoms with van der Waals surface area (Å²) in [6.45, 7) is 7.54. The molecule has 2 heteroatoms. The molecule has 2 unspecified atom stereocenters. The highest BCUT2D eigenvalue weighted by molar-refractivity contribution is 5.20. The SMILES string of the molecule is C/C=C/CN1CC(C)NCC1c1ccccc1. The molecule has 0 radical (unpaired) electrons. The number of benzene rings is 1. The zero-order valence-corrected chi connectivity index (χ0v) is 10.8. The molecule has 1 aliphatic heterocycles. The van der Waals surface area contributed by atoms with E-state index in [1.54, 1.807) is 0 Å². The minimum Gasteiger partial charge on any atom is -0.311 e. The van der Waals surface area contributed by atoms with Gasteiger partial charge in [0, 0.05) is 31.7 Å². The van der Waals surface area contributed by atoms with Gasteiger partial charge in [0.15, 0.2) is 0 Å². The molecule has 1 N–H and O–H groups in total. The third-order valence-electron chi connectivity index (χ3n) is 3.37. The van der Waals surface area contributed by atoms with Gasteiger partial charge in [-0.3, -0.25) is 4.90 Å². The van der Waals surface area contributed by atoms with Gasteiger partial charge in [-0.25, -0.2) is 0 Å². The molecule has 1 saturated heterocycles. The number of rotatable bonds is 3. The van der Waals surface area contributed by atoms with E-state index in [1.165, 1.54) is 5.56 Å². The Kier molecular flexibility index (Phi) is 4.35. The van der Waals surface area contributed by atoms with Crippen molar-refractivity contribution in [3.63, 3.8) is 0 Å². The maximum Gasteiger partial charge on any atom is 0.0476 e. The van der Waals surface area contributed by atoms with Crippen LogP contribution in [0.25, 0.3) is 0 Å². The summed E-state index contributed by atoms with van der Waals surface area (Å²) in [6.07, 6.45) is 4.38. The molecule has 92 valence electrons. The number of hydrogen-bond donors (Lipinski definition) is 1. The first-order valence-electron chi connectivity index (χ1n) is 6.45. The molecule has 1 aromatic carbocycles. The average Bonchev–Trinajstić information content (AvgIpc) is 2.37. The van der Waals surface area contributed by atoms with E-state index in [0.29, 0.717) is 12.1 Å². The maximum atomic E-state index is 3.57. The molecule has 0 amide bonds. The summed E-state index contributed by atoms with van der Waals surface area (Å²) in [5, 5.41) is 3.57. The van der Waals surface area contributed by atoms with Crippen molar-refractivity contribution in [3.8, 4) is 0 Å². The van der Waals surface area contributed by atoms with E-state index in [4.69, 9.17) is 0 Å². The minimum absolute atomic E-state index is 0.503. The van der Waals surface area contributed by atoms with Crippen LogP contribution in [0.1, 0.15) is 25.5 Å². The fourth-order valence-electron chi connectivity index (χ4n) is 2.43. The highest BCUT2D eigenvalue weighted by Crippen LogP contribution is 2.23. The summed E-state index contributed by atoms with van der Waals surface area (Å²) in [5.41, 5.74) is 1.41. The third kappa shape index (κ3) is 3.18. The zero-order chi connectivity index (χ0) is 12.1. The molecular weight excluding hydrogens is 208 g/mol. The number of nitrogens with one attached hydrogen (secondary N) is 1. The number of nitrogens with zero attached hydrogens (tertiary/aromatic N) is 1. The Labute approximate surface area is 104 Å². The van der Waals surface area contributed by atoms with Crippen molar-refractivity contribution in [1.29, 1.82) is 0 Å². The minimum atomic E-state index is 0.503. The summed E-state index contributed by atoms with van der Waals surface area (Å²) in [7, 11) is 0. The Morgan fingerprint density at radius 3 is 2.82 bits per heavy atom. The van der Waals surface area contributed by atoms with Gasteiger partial charge in [-0.2, -0.15) is 0 Å². The Hall–Kier alpha value is -1.12. The van der Waals surface area contributed by atoms with Crippen molar-refractivity contribution in [2.45, 2.75) is 25.9 Å². The second kappa shape index (κ2) is 5.99. The van der Waals surface area contributed by atoms with Crippen LogP contribution in [0.4, 0.5) is 0 Å². The van der Waals surface area contributed by atoms with Crippen LogP contribution in [0.5, 0.6) is 0 Å². The first kappa shape index (κ1) is 12.3. The highest BCUT2D eigenvalue weighted by atomic mass is 15.2. The van der Waals surface area contributed by atoms with Crippen LogP contribution in [-0.4, -0.2) is 30.6 Å². The van der Waals surface area contributed by atoms with Gasteiger partial charge in [0.05, 0.1) is 0 Å². The number of piperazine rings is 1. The topological polar surface area (TPSA) is 15.3 Å². The molecule has 2 nitrogen and oxygen atoms in total. The number of allylic oxidation sites excluding steroid dienone is 1. The van der Waals surface area contributed by atoms with Crippen LogP contribution in [0, 0.1) is 0 Å². The second-order valence-corrected chi connectivity index (χ2v) is 4.76. The molecule has 0 bridgehead atoms. The fraction of sp³-hybridized carbons (Fsp3) is 0.467. The van der Waals surface area contributed by atoms with Gasteiger partial charge in [-0.1, -0.05) is 42.5 Å². The zero-order valence-electron chi connectivity index (χ0n) is 10.8. The summed E-state index contributed by atoms with van der Waals surface area (Å²) >= 11 is 0. The van der Waals surface area contributed by atoms with Gasteiger partial charge in [0.25, 0.3) is 0 Å². The molecular formula is C15H22N2. The molecule has 0 saturated carbocycles. The van der Waals surface area contributed by atoms with E-state index < -0.39 is 0 Å². The fourth-order valence-corrected chi connectivity index (χ4v) is 2.43. The smallest absolute Gasteiger partial charge is 0.0476 e. The molecule has 2 atom stereocenters. The second-order valence-electron chi connectivity index (χ2n) is 4.76. The summed E-state index contributed by atoms with van der Waals surface area (Å²) in [5.74, 6) is 0. The molecule has 1 fully saturated rings. The summed E-state index contributed by atoms with van der Waals surface area (Å²) < 4.78 is 0. The Morgan fingerprint density at radius 1 is 1.35 bits per heavy atom. The molecule has 1 heterocycles. The van der Waals surface area contributed by atoms with E-state index in [2.05, 4.69) is 66.5 Å². The lowest BCUT2D eigenvalue weighted by atomic mass is 10.0. The lowest BCUT2D eigenvalue weighted by Crippen LogP contribution is -2.50. The summed E-state index contributed by atoms with van der Waals surface area (Å²) in [4.78, 5) is 2.55. The first-order valence-corrected chi connectivity index (χ1v) is 6.45. The normalized spacial score (nSPS) is 26.5. The molecule has 17 heavy (non-hydrogen) atoms. The molecule has 1 aromatic rings. The molecule has 2 rings (SSSR count). The molecule has 0 aromatic heterocycles. The first-order chi connectivity index (χ1) is 8.31. The molecule has 0 aliphatic carbocycles. The van der Waals surface area contributed by atoms with Crippen molar-refractivity contribution < 1.29 is 0 Å². The predicted octanol–water partition coefficient (Wildman–Crippen LogP) is 2.60. The van der Waals surface area contributed by atoms with Gasteiger partial charge in [0.1, 0.15) is 0 Å². The lowest BCUT2D eigenvalue weighted by Gasteiger charge is -2.39. The van der Waals surface area contributed by atoms with Crippen LogP contribution in [0.3, 0.4) is 0 Å². The van der Waals surface area contributed by atoms with Crippen LogP contribution < -0.4 is 5.32 Å². The van der Waals surface area contributed by atoms with E-state index >= 15 is 0 Å². The molecule has 0 spiro atoms. The van der Waals surface area contributed by atoms with Gasteiger partial charge < -0.3 is 5.32 Å². The van der Waals surface area contributed by atoms with Gasteiger partial charge in [0.2, 0.25) is 0 Å². The lowest BCUT2D eigenvalue weighted by molar-refractivity contribution is 0.151. The van der Waals surface area contributed by atoms with Crippen LogP contribution in [0.15, 0.2) is 42.5 Å². The van der Waals surface area contributed by atoms with Crippen LogP contribution in [-0.2, 0) is 0 Å². The Bertz CT molecular complexity index is 358. The van der Waals surface area contributed by atoms with E-state index in [1.807, 2.05) is 0 Å². The van der Waals surface area contributed by atoms with Gasteiger partial charge in [-0.05, 0) is 19.4 Å². The standard InChI is InChI=1S/C15H22N2/c1-3-4-10-17-12-13(2)16-11-15(17)14-8-6-5-7-9-14/h3-9,13,15-16H,10-12H2,1-2H3/b4-3+. The largest absolute Gasteiger partial charge is 0.311 e.